The van der Waals surface area contributed by atoms with Crippen LogP contribution in [0.15, 0.2) is 67.0 Å². The summed E-state index contributed by atoms with van der Waals surface area (Å²) in [6.07, 6.45) is 5.23. The van der Waals surface area contributed by atoms with E-state index >= 15 is 0 Å². The van der Waals surface area contributed by atoms with Crippen LogP contribution >= 0.6 is 0 Å². The van der Waals surface area contributed by atoms with Crippen molar-refractivity contribution >= 4 is 0 Å². The third-order valence-electron chi connectivity index (χ3n) is 4.47. The molecule has 3 aromatic rings. The van der Waals surface area contributed by atoms with E-state index in [9.17, 15) is 0 Å². The molecule has 0 unspecified atom stereocenters. The number of aromatic nitrogens is 1. The van der Waals surface area contributed by atoms with Crippen LogP contribution in [0.4, 0.5) is 0 Å². The molecule has 0 saturated heterocycles. The number of H-pyrrole nitrogens is 1. The topological polar surface area (TPSA) is 19.0 Å². The van der Waals surface area contributed by atoms with Crippen LogP contribution in [0.2, 0.25) is 0 Å². The van der Waals surface area contributed by atoms with Crippen molar-refractivity contribution in [1.82, 2.24) is 9.88 Å². The van der Waals surface area contributed by atoms with Crippen LogP contribution in [0, 0.1) is 0 Å². The highest BCUT2D eigenvalue weighted by atomic mass is 15.1. The summed E-state index contributed by atoms with van der Waals surface area (Å²) in [5.74, 6) is 0. The van der Waals surface area contributed by atoms with Gasteiger partial charge in [0.25, 0.3) is 0 Å². The van der Waals surface area contributed by atoms with Gasteiger partial charge in [-0.15, -0.1) is 0 Å². The third-order valence-corrected chi connectivity index (χ3v) is 4.47. The SMILES string of the molecule is c1ccc(-c2ccc3c(c2)CCN(Cc2cc[nH]c2)C3)cc1. The van der Waals surface area contributed by atoms with Gasteiger partial charge in [-0.3, -0.25) is 4.90 Å². The second kappa shape index (κ2) is 5.82. The summed E-state index contributed by atoms with van der Waals surface area (Å²) in [6.45, 7) is 3.22. The zero-order valence-corrected chi connectivity index (χ0v) is 12.6. The van der Waals surface area contributed by atoms with Crippen molar-refractivity contribution in [1.29, 1.82) is 0 Å². The predicted molar refractivity (Wildman–Crippen MR) is 90.5 cm³/mol. The van der Waals surface area contributed by atoms with Gasteiger partial charge in [0.15, 0.2) is 0 Å². The molecular formula is C20H20N2. The lowest BCUT2D eigenvalue weighted by atomic mass is 9.94. The molecule has 0 saturated carbocycles. The lowest BCUT2D eigenvalue weighted by molar-refractivity contribution is 0.245. The maximum absolute atomic E-state index is 3.14. The molecule has 2 heteroatoms. The Morgan fingerprint density at radius 1 is 0.909 bits per heavy atom. The fourth-order valence-corrected chi connectivity index (χ4v) is 3.27. The normalized spacial score (nSPS) is 14.7. The minimum Gasteiger partial charge on any atom is -0.367 e. The summed E-state index contributed by atoms with van der Waals surface area (Å²) >= 11 is 0. The number of aromatic amines is 1. The zero-order chi connectivity index (χ0) is 14.8. The highest BCUT2D eigenvalue weighted by molar-refractivity contribution is 5.65. The van der Waals surface area contributed by atoms with Crippen molar-refractivity contribution in [3.8, 4) is 11.1 Å². The van der Waals surface area contributed by atoms with Gasteiger partial charge in [-0.05, 0) is 40.3 Å². The predicted octanol–water partition coefficient (Wildman–Crippen LogP) is 4.24. The monoisotopic (exact) mass is 288 g/mol. The van der Waals surface area contributed by atoms with Crippen LogP contribution in [-0.2, 0) is 19.5 Å². The van der Waals surface area contributed by atoms with Gasteiger partial charge < -0.3 is 4.98 Å². The summed E-state index contributed by atoms with van der Waals surface area (Å²) < 4.78 is 0. The molecule has 4 rings (SSSR count). The van der Waals surface area contributed by atoms with Crippen molar-refractivity contribution in [2.75, 3.05) is 6.54 Å². The highest BCUT2D eigenvalue weighted by Crippen LogP contribution is 2.26. The van der Waals surface area contributed by atoms with Gasteiger partial charge in [0.05, 0.1) is 0 Å². The Labute approximate surface area is 131 Å². The Hall–Kier alpha value is -2.32. The molecule has 1 aliphatic heterocycles. The van der Waals surface area contributed by atoms with E-state index in [1.807, 2.05) is 6.20 Å². The summed E-state index contributed by atoms with van der Waals surface area (Å²) in [5, 5.41) is 0. The van der Waals surface area contributed by atoms with Crippen LogP contribution in [-0.4, -0.2) is 16.4 Å². The Balaban J connectivity index is 1.54. The van der Waals surface area contributed by atoms with Crippen LogP contribution in [0.3, 0.4) is 0 Å². The zero-order valence-electron chi connectivity index (χ0n) is 12.6. The number of hydrogen-bond donors (Lipinski definition) is 1. The fraction of sp³-hybridized carbons (Fsp3) is 0.200. The van der Waals surface area contributed by atoms with E-state index in [1.54, 1.807) is 0 Å². The van der Waals surface area contributed by atoms with Gasteiger partial charge >= 0.3 is 0 Å². The molecule has 2 heterocycles. The van der Waals surface area contributed by atoms with Gasteiger partial charge in [-0.1, -0.05) is 48.5 Å². The van der Waals surface area contributed by atoms with E-state index in [0.717, 1.165) is 26.1 Å². The van der Waals surface area contributed by atoms with Crippen LogP contribution in [0.1, 0.15) is 16.7 Å². The maximum Gasteiger partial charge on any atom is 0.0252 e. The minimum atomic E-state index is 1.03. The number of rotatable bonds is 3. The average Bonchev–Trinajstić information content (AvgIpc) is 3.08. The largest absolute Gasteiger partial charge is 0.367 e. The van der Waals surface area contributed by atoms with Crippen molar-refractivity contribution in [2.45, 2.75) is 19.5 Å². The van der Waals surface area contributed by atoms with Crippen LogP contribution in [0.5, 0.6) is 0 Å². The molecule has 0 fully saturated rings. The number of hydrogen-bond acceptors (Lipinski definition) is 1. The number of fused-ring (bicyclic) bond motifs is 1. The lowest BCUT2D eigenvalue weighted by Crippen LogP contribution is -2.29. The molecule has 0 amide bonds. The van der Waals surface area contributed by atoms with Crippen molar-refractivity contribution in [3.05, 3.63) is 83.7 Å². The number of nitrogens with zero attached hydrogens (tertiary/aromatic N) is 1. The molecule has 2 aromatic carbocycles. The highest BCUT2D eigenvalue weighted by Gasteiger charge is 2.17. The fourth-order valence-electron chi connectivity index (χ4n) is 3.27. The summed E-state index contributed by atoms with van der Waals surface area (Å²) in [5.41, 5.74) is 6.98. The Bertz CT molecular complexity index is 745. The first-order valence-corrected chi connectivity index (χ1v) is 7.90. The molecule has 1 N–H and O–H groups in total. The molecule has 0 bridgehead atoms. The standard InChI is InChI=1S/C20H20N2/c1-2-4-17(5-3-1)18-6-7-20-15-22(11-9-19(20)12-18)14-16-8-10-21-13-16/h1-8,10,12-13,21H,9,11,14-15H2. The molecule has 2 nitrogen and oxygen atoms in total. The molecule has 0 radical (unpaired) electrons. The third kappa shape index (κ3) is 2.70. The van der Waals surface area contributed by atoms with E-state index in [1.165, 1.54) is 27.8 Å². The number of nitrogens with one attached hydrogen (secondary N) is 1. The molecule has 1 aliphatic rings. The molecule has 0 spiro atoms. The molecule has 1 aromatic heterocycles. The van der Waals surface area contributed by atoms with Crippen LogP contribution < -0.4 is 0 Å². The molecular weight excluding hydrogens is 268 g/mol. The first-order valence-electron chi connectivity index (χ1n) is 7.90. The van der Waals surface area contributed by atoms with Crippen LogP contribution in [0.25, 0.3) is 11.1 Å². The molecule has 0 aliphatic carbocycles. The van der Waals surface area contributed by atoms with Gasteiger partial charge in [-0.2, -0.15) is 0 Å². The first kappa shape index (κ1) is 13.4. The van der Waals surface area contributed by atoms with E-state index < -0.39 is 0 Å². The smallest absolute Gasteiger partial charge is 0.0252 e. The first-order chi connectivity index (χ1) is 10.9. The van der Waals surface area contributed by atoms with E-state index in [0.29, 0.717) is 0 Å². The van der Waals surface area contributed by atoms with Gasteiger partial charge in [-0.25, -0.2) is 0 Å². The quantitative estimate of drug-likeness (QED) is 0.763. The lowest BCUT2D eigenvalue weighted by Gasteiger charge is -2.28. The van der Waals surface area contributed by atoms with Gasteiger partial charge in [0.1, 0.15) is 0 Å². The Kier molecular flexibility index (Phi) is 3.53. The van der Waals surface area contributed by atoms with E-state index in [-0.39, 0.29) is 0 Å². The second-order valence-corrected chi connectivity index (χ2v) is 6.03. The van der Waals surface area contributed by atoms with Gasteiger partial charge in [0.2, 0.25) is 0 Å². The van der Waals surface area contributed by atoms with E-state index in [4.69, 9.17) is 0 Å². The average molecular weight is 288 g/mol. The van der Waals surface area contributed by atoms with Crippen molar-refractivity contribution in [3.63, 3.8) is 0 Å². The summed E-state index contributed by atoms with van der Waals surface area (Å²) in [6, 6.07) is 19.7. The Morgan fingerprint density at radius 2 is 1.82 bits per heavy atom. The van der Waals surface area contributed by atoms with Crippen molar-refractivity contribution < 1.29 is 0 Å². The summed E-state index contributed by atoms with van der Waals surface area (Å²) in [7, 11) is 0. The molecule has 110 valence electrons. The maximum atomic E-state index is 3.14. The number of benzene rings is 2. The van der Waals surface area contributed by atoms with Crippen molar-refractivity contribution in [2.24, 2.45) is 0 Å². The summed E-state index contributed by atoms with van der Waals surface area (Å²) in [4.78, 5) is 5.66. The Morgan fingerprint density at radius 3 is 2.64 bits per heavy atom. The molecule has 22 heavy (non-hydrogen) atoms. The van der Waals surface area contributed by atoms with Gasteiger partial charge in [0, 0.05) is 32.0 Å². The molecule has 0 atom stereocenters. The second-order valence-electron chi connectivity index (χ2n) is 6.03. The van der Waals surface area contributed by atoms with E-state index in [2.05, 4.69) is 70.7 Å². The minimum absolute atomic E-state index is 1.03.